The van der Waals surface area contributed by atoms with Gasteiger partial charge in [0.1, 0.15) is 0 Å². The van der Waals surface area contributed by atoms with E-state index in [0.717, 1.165) is 5.69 Å². The van der Waals surface area contributed by atoms with Gasteiger partial charge in [0.05, 0.1) is 24.1 Å². The van der Waals surface area contributed by atoms with Gasteiger partial charge in [-0.05, 0) is 29.7 Å². The van der Waals surface area contributed by atoms with Gasteiger partial charge in [0.2, 0.25) is 0 Å². The van der Waals surface area contributed by atoms with Crippen LogP contribution in [-0.2, 0) is 0 Å². The molecule has 0 bridgehead atoms. The van der Waals surface area contributed by atoms with Gasteiger partial charge < -0.3 is 5.32 Å². The first kappa shape index (κ1) is 16.6. The maximum Gasteiger partial charge on any atom is 0.438 e. The fourth-order valence-electron chi connectivity index (χ4n) is 2.39. The molecule has 0 spiro atoms. The molecule has 0 radical (unpaired) electrons. The summed E-state index contributed by atoms with van der Waals surface area (Å²) >= 11 is 0. The van der Waals surface area contributed by atoms with Crippen molar-refractivity contribution in [3.05, 3.63) is 58.6 Å². The first-order valence-corrected chi connectivity index (χ1v) is 7.68. The number of aromatic amines is 1. The smallest absolute Gasteiger partial charge is 0.341 e. The average molecular weight is 342 g/mol. The van der Waals surface area contributed by atoms with Gasteiger partial charge in [0.25, 0.3) is 5.91 Å². The van der Waals surface area contributed by atoms with Crippen LogP contribution in [0.25, 0.3) is 5.69 Å². The Morgan fingerprint density at radius 1 is 1.28 bits per heavy atom. The van der Waals surface area contributed by atoms with Crippen LogP contribution in [0.5, 0.6) is 0 Å². The Balaban J connectivity index is 1.80. The fraction of sp³-hybridized carbons (Fsp3) is 0.312. The quantitative estimate of drug-likeness (QED) is 0.741. The van der Waals surface area contributed by atoms with Crippen LogP contribution in [0.1, 0.15) is 43.0 Å². The molecule has 0 aliphatic carbocycles. The summed E-state index contributed by atoms with van der Waals surface area (Å²) < 4.78 is 6.15. The highest BCUT2D eigenvalue weighted by atomic mass is 16.5. The lowest BCUT2D eigenvalue weighted by atomic mass is 9.86. The molecule has 1 aromatic carbocycles. The van der Waals surface area contributed by atoms with Crippen LogP contribution >= 0.6 is 0 Å². The summed E-state index contributed by atoms with van der Waals surface area (Å²) in [5, 5.41) is 14.2. The van der Waals surface area contributed by atoms with E-state index in [9.17, 15) is 9.59 Å². The number of benzene rings is 1. The van der Waals surface area contributed by atoms with Gasteiger partial charge in [0.15, 0.2) is 5.82 Å². The Hall–Kier alpha value is -3.23. The van der Waals surface area contributed by atoms with Crippen LogP contribution in [-0.4, -0.2) is 31.0 Å². The maximum absolute atomic E-state index is 12.6. The van der Waals surface area contributed by atoms with Gasteiger partial charge in [-0.2, -0.15) is 0 Å². The molecule has 1 atom stereocenters. The van der Waals surface area contributed by atoms with Crippen molar-refractivity contribution in [2.45, 2.75) is 26.8 Å². The van der Waals surface area contributed by atoms with E-state index in [2.05, 4.69) is 30.3 Å². The summed E-state index contributed by atoms with van der Waals surface area (Å²) in [4.78, 5) is 26.3. The van der Waals surface area contributed by atoms with Crippen molar-refractivity contribution >= 4 is 5.91 Å². The van der Waals surface area contributed by atoms with E-state index in [0.29, 0.717) is 5.56 Å². The first-order valence-electron chi connectivity index (χ1n) is 7.68. The summed E-state index contributed by atoms with van der Waals surface area (Å²) in [5.74, 6) is -0.658. The van der Waals surface area contributed by atoms with Crippen molar-refractivity contribution in [3.63, 3.8) is 0 Å². The number of carbonyl (C=O) groups excluding carboxylic acids is 1. The number of amides is 1. The largest absolute Gasteiger partial charge is 0.438 e. The normalized spacial score (nSPS) is 12.8. The number of nitrogens with zero attached hydrogens (tertiary/aromatic N) is 4. The number of H-pyrrole nitrogens is 1. The van der Waals surface area contributed by atoms with Gasteiger partial charge in [-0.1, -0.05) is 31.1 Å². The molecule has 25 heavy (non-hydrogen) atoms. The molecule has 1 amide bonds. The SMILES string of the molecule is CC(C)(C)C(NC(=O)c1ccc(-n2ccnn2)cc1)c1noc(=O)[nH]1. The zero-order chi connectivity index (χ0) is 18.0. The minimum atomic E-state index is -0.657. The standard InChI is InChI=1S/C16H18N6O3/c1-16(2,3)12(13-19-15(24)25-20-13)18-14(23)10-4-6-11(7-5-10)22-9-8-17-21-22/h4-9,12H,1-3H3,(H,18,23)(H,19,20,24). The van der Waals surface area contributed by atoms with Crippen LogP contribution in [0.3, 0.4) is 0 Å². The summed E-state index contributed by atoms with van der Waals surface area (Å²) in [6.45, 7) is 5.79. The Labute approximate surface area is 143 Å². The van der Waals surface area contributed by atoms with Gasteiger partial charge >= 0.3 is 5.76 Å². The zero-order valence-corrected chi connectivity index (χ0v) is 14.1. The molecule has 0 aliphatic heterocycles. The molecular formula is C16H18N6O3. The van der Waals surface area contributed by atoms with Crippen LogP contribution in [0, 0.1) is 5.41 Å². The second-order valence-corrected chi connectivity index (χ2v) is 6.65. The van der Waals surface area contributed by atoms with Crippen molar-refractivity contribution in [1.82, 2.24) is 30.5 Å². The van der Waals surface area contributed by atoms with E-state index in [1.54, 1.807) is 41.3 Å². The monoisotopic (exact) mass is 342 g/mol. The molecule has 0 saturated heterocycles. The molecule has 0 fully saturated rings. The molecule has 130 valence electrons. The Morgan fingerprint density at radius 3 is 2.52 bits per heavy atom. The fourth-order valence-corrected chi connectivity index (χ4v) is 2.39. The van der Waals surface area contributed by atoms with Crippen LogP contribution in [0.4, 0.5) is 0 Å². The second-order valence-electron chi connectivity index (χ2n) is 6.65. The molecule has 2 aromatic heterocycles. The summed E-state index contributed by atoms with van der Waals surface area (Å²) in [6, 6.07) is 6.41. The highest BCUT2D eigenvalue weighted by Crippen LogP contribution is 2.30. The molecule has 9 nitrogen and oxygen atoms in total. The van der Waals surface area contributed by atoms with Gasteiger partial charge in [-0.15, -0.1) is 5.10 Å². The van der Waals surface area contributed by atoms with Crippen molar-refractivity contribution < 1.29 is 9.32 Å². The summed E-state index contributed by atoms with van der Waals surface area (Å²) in [6.07, 6.45) is 3.29. The predicted molar refractivity (Wildman–Crippen MR) is 88.1 cm³/mol. The number of hydrogen-bond acceptors (Lipinski definition) is 6. The van der Waals surface area contributed by atoms with Gasteiger partial charge in [0, 0.05) is 5.56 Å². The summed E-state index contributed by atoms with van der Waals surface area (Å²) in [5.41, 5.74) is 0.891. The molecular weight excluding hydrogens is 324 g/mol. The number of rotatable bonds is 4. The van der Waals surface area contributed by atoms with E-state index < -0.39 is 11.8 Å². The second kappa shape index (κ2) is 6.34. The molecule has 0 aliphatic rings. The molecule has 2 N–H and O–H groups in total. The minimum Gasteiger partial charge on any atom is -0.341 e. The topological polar surface area (TPSA) is 119 Å². The lowest BCUT2D eigenvalue weighted by molar-refractivity contribution is 0.0896. The molecule has 1 unspecified atom stereocenters. The summed E-state index contributed by atoms with van der Waals surface area (Å²) in [7, 11) is 0. The number of nitrogens with one attached hydrogen (secondary N) is 2. The van der Waals surface area contributed by atoms with Crippen LogP contribution in [0.2, 0.25) is 0 Å². The number of aromatic nitrogens is 5. The van der Waals surface area contributed by atoms with Crippen molar-refractivity contribution in [2.24, 2.45) is 5.41 Å². The van der Waals surface area contributed by atoms with Crippen molar-refractivity contribution in [3.8, 4) is 5.69 Å². The molecule has 0 saturated carbocycles. The third-order valence-electron chi connectivity index (χ3n) is 3.69. The maximum atomic E-state index is 12.6. The van der Waals surface area contributed by atoms with E-state index >= 15 is 0 Å². The van der Waals surface area contributed by atoms with E-state index in [1.807, 2.05) is 20.8 Å². The van der Waals surface area contributed by atoms with Gasteiger partial charge in [-0.25, -0.2) is 9.48 Å². The van der Waals surface area contributed by atoms with E-state index in [-0.39, 0.29) is 17.1 Å². The average Bonchev–Trinajstić information content (AvgIpc) is 3.23. The highest BCUT2D eigenvalue weighted by Gasteiger charge is 2.31. The predicted octanol–water partition coefficient (Wildman–Crippen LogP) is 1.46. The third kappa shape index (κ3) is 3.65. The zero-order valence-electron chi connectivity index (χ0n) is 14.1. The molecule has 9 heteroatoms. The Kier molecular flexibility index (Phi) is 4.22. The molecule has 2 heterocycles. The Morgan fingerprint density at radius 2 is 2.00 bits per heavy atom. The van der Waals surface area contributed by atoms with Crippen molar-refractivity contribution in [1.29, 1.82) is 0 Å². The molecule has 3 aromatic rings. The number of hydrogen-bond donors (Lipinski definition) is 2. The van der Waals surface area contributed by atoms with Crippen LogP contribution in [0.15, 0.2) is 46.0 Å². The first-order chi connectivity index (χ1) is 11.8. The third-order valence-corrected chi connectivity index (χ3v) is 3.69. The Bertz CT molecular complexity index is 903. The highest BCUT2D eigenvalue weighted by molar-refractivity contribution is 5.94. The lowest BCUT2D eigenvalue weighted by Gasteiger charge is -2.29. The van der Waals surface area contributed by atoms with E-state index in [1.165, 1.54) is 0 Å². The number of carbonyl (C=O) groups is 1. The minimum absolute atomic E-state index is 0.282. The van der Waals surface area contributed by atoms with Crippen LogP contribution < -0.4 is 11.1 Å². The van der Waals surface area contributed by atoms with E-state index in [4.69, 9.17) is 0 Å². The van der Waals surface area contributed by atoms with Gasteiger partial charge in [-0.3, -0.25) is 14.3 Å². The molecule has 3 rings (SSSR count). The van der Waals surface area contributed by atoms with Crippen molar-refractivity contribution in [2.75, 3.05) is 0 Å². The lowest BCUT2D eigenvalue weighted by Crippen LogP contribution is -2.37.